The van der Waals surface area contributed by atoms with Crippen LogP contribution in [-0.4, -0.2) is 34.2 Å². The predicted molar refractivity (Wildman–Crippen MR) is 77.9 cm³/mol. The lowest BCUT2D eigenvalue weighted by molar-refractivity contribution is -0.143. The Morgan fingerprint density at radius 1 is 1.33 bits per heavy atom. The molecule has 1 aliphatic rings. The van der Waals surface area contributed by atoms with Gasteiger partial charge in [-0.25, -0.2) is 9.69 Å². The van der Waals surface area contributed by atoms with Crippen LogP contribution in [0.5, 0.6) is 0 Å². The van der Waals surface area contributed by atoms with Crippen molar-refractivity contribution >= 4 is 23.6 Å². The van der Waals surface area contributed by atoms with Crippen LogP contribution in [0.15, 0.2) is 24.3 Å². The van der Waals surface area contributed by atoms with Crippen LogP contribution in [0.3, 0.4) is 0 Å². The number of imide groups is 1. The van der Waals surface area contributed by atoms with Crippen LogP contribution < -0.4 is 0 Å². The van der Waals surface area contributed by atoms with E-state index in [0.717, 1.165) is 4.90 Å². The molecule has 1 aliphatic heterocycles. The van der Waals surface area contributed by atoms with Crippen molar-refractivity contribution in [3.05, 3.63) is 34.9 Å². The highest BCUT2D eigenvalue weighted by molar-refractivity contribution is 6.30. The van der Waals surface area contributed by atoms with Crippen molar-refractivity contribution in [2.24, 2.45) is 0 Å². The minimum Gasteiger partial charge on any atom is -0.443 e. The molecule has 114 valence electrons. The van der Waals surface area contributed by atoms with Crippen molar-refractivity contribution in [2.45, 2.75) is 38.4 Å². The lowest BCUT2D eigenvalue weighted by Crippen LogP contribution is -2.43. The quantitative estimate of drug-likeness (QED) is 0.866. The van der Waals surface area contributed by atoms with Crippen molar-refractivity contribution in [1.29, 1.82) is 0 Å². The molecule has 0 saturated carbocycles. The van der Waals surface area contributed by atoms with Gasteiger partial charge in [0.15, 0.2) is 5.60 Å². The molecule has 1 aromatic carbocycles. The van der Waals surface area contributed by atoms with E-state index < -0.39 is 23.2 Å². The van der Waals surface area contributed by atoms with Gasteiger partial charge in [0.2, 0.25) is 0 Å². The molecule has 2 amide bonds. The second kappa shape index (κ2) is 5.31. The number of aliphatic hydroxyl groups is 1. The van der Waals surface area contributed by atoms with E-state index in [2.05, 4.69) is 0 Å². The summed E-state index contributed by atoms with van der Waals surface area (Å²) in [4.78, 5) is 25.3. The number of amides is 2. The molecule has 1 unspecified atom stereocenters. The molecule has 0 bridgehead atoms. The first kappa shape index (κ1) is 15.8. The fourth-order valence-electron chi connectivity index (χ4n) is 2.19. The number of hydrogen-bond acceptors (Lipinski definition) is 4. The highest BCUT2D eigenvalue weighted by atomic mass is 35.5. The molecule has 21 heavy (non-hydrogen) atoms. The molecule has 1 heterocycles. The van der Waals surface area contributed by atoms with Gasteiger partial charge in [0.25, 0.3) is 5.91 Å². The van der Waals surface area contributed by atoms with Crippen molar-refractivity contribution in [2.75, 3.05) is 6.54 Å². The molecule has 5 nitrogen and oxygen atoms in total. The summed E-state index contributed by atoms with van der Waals surface area (Å²) in [6.45, 7) is 5.28. The third-order valence-electron chi connectivity index (χ3n) is 3.23. The largest absolute Gasteiger partial charge is 0.443 e. The standard InChI is InChI=1S/C15H18ClNO4/c1-14(2,3)21-13(19)17-9-8-15(20,12(17)18)10-4-6-11(16)7-5-10/h4-7,20H,8-9H2,1-3H3. The fraction of sp³-hybridized carbons (Fsp3) is 0.467. The van der Waals surface area contributed by atoms with Crippen LogP contribution >= 0.6 is 11.6 Å². The summed E-state index contributed by atoms with van der Waals surface area (Å²) < 4.78 is 5.17. The van der Waals surface area contributed by atoms with Gasteiger partial charge in [-0.2, -0.15) is 0 Å². The Bertz CT molecular complexity index is 564. The number of ether oxygens (including phenoxy) is 1. The molecular weight excluding hydrogens is 294 g/mol. The van der Waals surface area contributed by atoms with Gasteiger partial charge in [0, 0.05) is 18.0 Å². The Kier molecular flexibility index (Phi) is 4.00. The first-order valence-corrected chi connectivity index (χ1v) is 7.05. The maximum absolute atomic E-state index is 12.4. The first-order valence-electron chi connectivity index (χ1n) is 6.67. The molecular formula is C15H18ClNO4. The van der Waals surface area contributed by atoms with Gasteiger partial charge < -0.3 is 9.84 Å². The molecule has 1 saturated heterocycles. The second-order valence-electron chi connectivity index (χ2n) is 6.05. The lowest BCUT2D eigenvalue weighted by Gasteiger charge is -2.25. The fourth-order valence-corrected chi connectivity index (χ4v) is 2.32. The zero-order chi connectivity index (χ0) is 15.8. The summed E-state index contributed by atoms with van der Waals surface area (Å²) in [6, 6.07) is 6.36. The Balaban J connectivity index is 2.21. The van der Waals surface area contributed by atoms with E-state index in [0.29, 0.717) is 10.6 Å². The van der Waals surface area contributed by atoms with Crippen LogP contribution in [0.1, 0.15) is 32.8 Å². The third kappa shape index (κ3) is 3.19. The highest BCUT2D eigenvalue weighted by Crippen LogP contribution is 2.34. The van der Waals surface area contributed by atoms with Crippen LogP contribution in [0.25, 0.3) is 0 Å². The van der Waals surface area contributed by atoms with E-state index >= 15 is 0 Å². The summed E-state index contributed by atoms with van der Waals surface area (Å²) in [5, 5.41) is 11.1. The van der Waals surface area contributed by atoms with Crippen molar-refractivity contribution in [1.82, 2.24) is 4.90 Å². The third-order valence-corrected chi connectivity index (χ3v) is 3.48. The number of carbonyl (C=O) groups is 2. The Hall–Kier alpha value is -1.59. The predicted octanol–water partition coefficient (Wildman–Crippen LogP) is 2.70. The molecule has 1 aromatic rings. The average Bonchev–Trinajstić information content (AvgIpc) is 2.66. The van der Waals surface area contributed by atoms with Gasteiger partial charge in [0.1, 0.15) is 5.60 Å². The zero-order valence-corrected chi connectivity index (χ0v) is 13.0. The van der Waals surface area contributed by atoms with E-state index in [1.54, 1.807) is 45.0 Å². The summed E-state index contributed by atoms with van der Waals surface area (Å²) in [7, 11) is 0. The summed E-state index contributed by atoms with van der Waals surface area (Å²) in [5.41, 5.74) is -1.98. The Labute approximate surface area is 128 Å². The van der Waals surface area contributed by atoms with Crippen LogP contribution in [0.4, 0.5) is 4.79 Å². The number of benzene rings is 1. The first-order chi connectivity index (χ1) is 9.63. The van der Waals surface area contributed by atoms with Crippen LogP contribution in [0, 0.1) is 0 Å². The molecule has 1 atom stereocenters. The molecule has 6 heteroatoms. The molecule has 0 spiro atoms. The molecule has 2 rings (SSSR count). The van der Waals surface area contributed by atoms with E-state index in [4.69, 9.17) is 16.3 Å². The number of hydrogen-bond donors (Lipinski definition) is 1. The number of carbonyl (C=O) groups excluding carboxylic acids is 2. The minimum absolute atomic E-state index is 0.118. The van der Waals surface area contributed by atoms with Crippen molar-refractivity contribution in [3.8, 4) is 0 Å². The molecule has 0 radical (unpaired) electrons. The average molecular weight is 312 g/mol. The molecule has 1 fully saturated rings. The maximum Gasteiger partial charge on any atom is 0.417 e. The summed E-state index contributed by atoms with van der Waals surface area (Å²) in [5.74, 6) is -0.668. The van der Waals surface area contributed by atoms with Crippen molar-refractivity contribution < 1.29 is 19.4 Å². The Morgan fingerprint density at radius 3 is 2.43 bits per heavy atom. The number of likely N-dealkylation sites (tertiary alicyclic amines) is 1. The smallest absolute Gasteiger partial charge is 0.417 e. The molecule has 0 aromatic heterocycles. The topological polar surface area (TPSA) is 66.8 Å². The Morgan fingerprint density at radius 2 is 1.90 bits per heavy atom. The van der Waals surface area contributed by atoms with Gasteiger partial charge in [-0.3, -0.25) is 4.79 Å². The minimum atomic E-state index is -1.71. The number of nitrogens with zero attached hydrogens (tertiary/aromatic N) is 1. The van der Waals surface area contributed by atoms with Gasteiger partial charge in [-0.05, 0) is 38.5 Å². The van der Waals surface area contributed by atoms with Crippen LogP contribution in [-0.2, 0) is 15.1 Å². The molecule has 0 aliphatic carbocycles. The summed E-state index contributed by atoms with van der Waals surface area (Å²) in [6.07, 6.45) is -0.607. The second-order valence-corrected chi connectivity index (χ2v) is 6.49. The SMILES string of the molecule is CC(C)(C)OC(=O)N1CCC(O)(c2ccc(Cl)cc2)C1=O. The van der Waals surface area contributed by atoms with E-state index in [1.807, 2.05) is 0 Å². The van der Waals surface area contributed by atoms with Crippen LogP contribution in [0.2, 0.25) is 5.02 Å². The van der Waals surface area contributed by atoms with Gasteiger partial charge in [-0.15, -0.1) is 0 Å². The van der Waals surface area contributed by atoms with Gasteiger partial charge in [0.05, 0.1) is 0 Å². The lowest BCUT2D eigenvalue weighted by atomic mass is 9.92. The molecule has 1 N–H and O–H groups in total. The number of halogens is 1. The zero-order valence-electron chi connectivity index (χ0n) is 12.2. The van der Waals surface area contributed by atoms with Gasteiger partial charge in [-0.1, -0.05) is 23.7 Å². The monoisotopic (exact) mass is 311 g/mol. The van der Waals surface area contributed by atoms with E-state index in [-0.39, 0.29) is 13.0 Å². The summed E-state index contributed by atoms with van der Waals surface area (Å²) >= 11 is 5.80. The van der Waals surface area contributed by atoms with Gasteiger partial charge >= 0.3 is 6.09 Å². The normalized spacial score (nSPS) is 22.5. The van der Waals surface area contributed by atoms with Crippen molar-refractivity contribution in [3.63, 3.8) is 0 Å². The highest BCUT2D eigenvalue weighted by Gasteiger charge is 2.49. The maximum atomic E-state index is 12.4. The van der Waals surface area contributed by atoms with E-state index in [9.17, 15) is 14.7 Å². The van der Waals surface area contributed by atoms with E-state index in [1.165, 1.54) is 0 Å². The number of rotatable bonds is 1.